The largest absolute Gasteiger partial charge is 0.508 e. The fourth-order valence-corrected chi connectivity index (χ4v) is 2.77. The Bertz CT molecular complexity index is 377. The number of aromatic hydroxyl groups is 1. The molecule has 1 saturated heterocycles. The molecule has 1 N–H and O–H groups in total. The third kappa shape index (κ3) is 1.94. The van der Waals surface area contributed by atoms with Gasteiger partial charge in [-0.05, 0) is 43.6 Å². The molecule has 0 aliphatic carbocycles. The molecular weight excluding hydrogens is 198 g/mol. The van der Waals surface area contributed by atoms with E-state index in [1.165, 1.54) is 18.5 Å². The van der Waals surface area contributed by atoms with Crippen LogP contribution in [0.15, 0.2) is 24.3 Å². The number of phenols is 1. The van der Waals surface area contributed by atoms with Gasteiger partial charge < -0.3 is 10.0 Å². The van der Waals surface area contributed by atoms with Crippen molar-refractivity contribution < 1.29 is 5.11 Å². The number of hydrogen-bond acceptors (Lipinski definition) is 2. The highest BCUT2D eigenvalue weighted by Crippen LogP contribution is 2.38. The Morgan fingerprint density at radius 3 is 2.88 bits per heavy atom. The standard InChI is InChI=1S/C14H21NO/c1-11-7-8-15(3)10-14(11,2)12-5-4-6-13(16)9-12/h4-6,9,11,16H,7-8,10H2,1-3H3. The Morgan fingerprint density at radius 2 is 2.19 bits per heavy atom. The molecule has 1 aliphatic rings. The van der Waals surface area contributed by atoms with Gasteiger partial charge in [-0.1, -0.05) is 26.0 Å². The van der Waals surface area contributed by atoms with E-state index in [9.17, 15) is 5.11 Å². The van der Waals surface area contributed by atoms with Crippen LogP contribution in [-0.2, 0) is 5.41 Å². The van der Waals surface area contributed by atoms with Gasteiger partial charge in [0.1, 0.15) is 5.75 Å². The quantitative estimate of drug-likeness (QED) is 0.785. The Morgan fingerprint density at radius 1 is 1.44 bits per heavy atom. The van der Waals surface area contributed by atoms with Crippen LogP contribution in [0.25, 0.3) is 0 Å². The molecule has 0 bridgehead atoms. The highest BCUT2D eigenvalue weighted by atomic mass is 16.3. The Hall–Kier alpha value is -1.02. The molecule has 0 saturated carbocycles. The maximum atomic E-state index is 9.60. The normalized spacial score (nSPS) is 31.6. The van der Waals surface area contributed by atoms with Gasteiger partial charge in [0.05, 0.1) is 0 Å². The van der Waals surface area contributed by atoms with Gasteiger partial charge in [-0.2, -0.15) is 0 Å². The maximum Gasteiger partial charge on any atom is 0.115 e. The van der Waals surface area contributed by atoms with Gasteiger partial charge in [0.2, 0.25) is 0 Å². The van der Waals surface area contributed by atoms with Gasteiger partial charge in [-0.3, -0.25) is 0 Å². The molecule has 2 nitrogen and oxygen atoms in total. The smallest absolute Gasteiger partial charge is 0.115 e. The summed E-state index contributed by atoms with van der Waals surface area (Å²) in [6, 6.07) is 7.73. The number of phenolic OH excluding ortho intramolecular Hbond substituents is 1. The third-order valence-corrected chi connectivity index (χ3v) is 4.14. The van der Waals surface area contributed by atoms with Crippen LogP contribution in [0.2, 0.25) is 0 Å². The van der Waals surface area contributed by atoms with Gasteiger partial charge in [0.25, 0.3) is 0 Å². The Balaban J connectivity index is 2.35. The first kappa shape index (κ1) is 11.5. The highest BCUT2D eigenvalue weighted by Gasteiger charge is 2.37. The van der Waals surface area contributed by atoms with E-state index in [0.29, 0.717) is 11.7 Å². The maximum absolute atomic E-state index is 9.60. The van der Waals surface area contributed by atoms with Crippen molar-refractivity contribution in [3.63, 3.8) is 0 Å². The highest BCUT2D eigenvalue weighted by molar-refractivity contribution is 5.34. The van der Waals surface area contributed by atoms with E-state index in [-0.39, 0.29) is 5.41 Å². The molecule has 0 amide bonds. The summed E-state index contributed by atoms with van der Waals surface area (Å²) in [6.07, 6.45) is 1.22. The van der Waals surface area contributed by atoms with Gasteiger partial charge in [-0.15, -0.1) is 0 Å². The van der Waals surface area contributed by atoms with E-state index in [2.05, 4.69) is 31.9 Å². The van der Waals surface area contributed by atoms with Crippen molar-refractivity contribution in [2.24, 2.45) is 5.92 Å². The van der Waals surface area contributed by atoms with Crippen LogP contribution < -0.4 is 0 Å². The van der Waals surface area contributed by atoms with Gasteiger partial charge in [-0.25, -0.2) is 0 Å². The molecule has 0 aromatic heterocycles. The van der Waals surface area contributed by atoms with E-state index >= 15 is 0 Å². The van der Waals surface area contributed by atoms with Crippen LogP contribution in [0.1, 0.15) is 25.8 Å². The topological polar surface area (TPSA) is 23.5 Å². The number of likely N-dealkylation sites (tertiary alicyclic amines) is 1. The number of likely N-dealkylation sites (N-methyl/N-ethyl adjacent to an activating group) is 1. The van der Waals surface area contributed by atoms with E-state index in [1.54, 1.807) is 6.07 Å². The summed E-state index contributed by atoms with van der Waals surface area (Å²) in [6.45, 7) is 6.87. The van der Waals surface area contributed by atoms with Crippen molar-refractivity contribution >= 4 is 0 Å². The number of hydrogen-bond donors (Lipinski definition) is 1. The summed E-state index contributed by atoms with van der Waals surface area (Å²) in [5.41, 5.74) is 1.41. The molecule has 2 heteroatoms. The predicted molar refractivity (Wildman–Crippen MR) is 66.7 cm³/mol. The number of piperidine rings is 1. The molecule has 1 aromatic carbocycles. The van der Waals surface area contributed by atoms with Crippen molar-refractivity contribution in [2.75, 3.05) is 20.1 Å². The number of benzene rings is 1. The Labute approximate surface area is 97.9 Å². The minimum atomic E-state index is 0.158. The first-order valence-electron chi connectivity index (χ1n) is 6.00. The molecule has 0 radical (unpaired) electrons. The van der Waals surface area contributed by atoms with Crippen molar-refractivity contribution in [1.82, 2.24) is 4.90 Å². The van der Waals surface area contributed by atoms with Gasteiger partial charge in [0, 0.05) is 12.0 Å². The van der Waals surface area contributed by atoms with Crippen LogP contribution in [0.3, 0.4) is 0 Å². The second kappa shape index (κ2) is 4.10. The second-order valence-electron chi connectivity index (χ2n) is 5.40. The molecule has 1 fully saturated rings. The first-order valence-corrected chi connectivity index (χ1v) is 6.00. The van der Waals surface area contributed by atoms with Crippen LogP contribution in [-0.4, -0.2) is 30.1 Å². The zero-order valence-corrected chi connectivity index (χ0v) is 10.4. The molecule has 1 aliphatic heterocycles. The molecule has 88 valence electrons. The van der Waals surface area contributed by atoms with Crippen LogP contribution in [0.4, 0.5) is 0 Å². The minimum absolute atomic E-state index is 0.158. The van der Waals surface area contributed by atoms with E-state index < -0.39 is 0 Å². The predicted octanol–water partition coefficient (Wildman–Crippen LogP) is 2.62. The zero-order valence-electron chi connectivity index (χ0n) is 10.4. The summed E-state index contributed by atoms with van der Waals surface area (Å²) < 4.78 is 0. The third-order valence-electron chi connectivity index (χ3n) is 4.14. The van der Waals surface area contributed by atoms with Crippen molar-refractivity contribution in [3.8, 4) is 5.75 Å². The van der Waals surface area contributed by atoms with Crippen LogP contribution in [0, 0.1) is 5.92 Å². The van der Waals surface area contributed by atoms with Gasteiger partial charge in [0.15, 0.2) is 0 Å². The van der Waals surface area contributed by atoms with E-state index in [1.807, 2.05) is 12.1 Å². The zero-order chi connectivity index (χ0) is 11.8. The van der Waals surface area contributed by atoms with Crippen LogP contribution in [0.5, 0.6) is 5.75 Å². The lowest BCUT2D eigenvalue weighted by Crippen LogP contribution is -2.47. The molecular formula is C14H21NO. The van der Waals surface area contributed by atoms with Crippen molar-refractivity contribution in [3.05, 3.63) is 29.8 Å². The lowest BCUT2D eigenvalue weighted by molar-refractivity contribution is 0.131. The Kier molecular flexibility index (Phi) is 2.94. The average Bonchev–Trinajstić information content (AvgIpc) is 2.24. The summed E-state index contributed by atoms with van der Waals surface area (Å²) in [5, 5.41) is 9.60. The summed E-state index contributed by atoms with van der Waals surface area (Å²) in [4.78, 5) is 2.38. The first-order chi connectivity index (χ1) is 7.52. The fourth-order valence-electron chi connectivity index (χ4n) is 2.77. The summed E-state index contributed by atoms with van der Waals surface area (Å²) in [7, 11) is 2.17. The van der Waals surface area contributed by atoms with E-state index in [0.717, 1.165) is 6.54 Å². The monoisotopic (exact) mass is 219 g/mol. The lowest BCUT2D eigenvalue weighted by Gasteiger charge is -2.44. The number of rotatable bonds is 1. The molecule has 1 heterocycles. The minimum Gasteiger partial charge on any atom is -0.508 e. The molecule has 2 unspecified atom stereocenters. The SMILES string of the molecule is CC1CCN(C)CC1(C)c1cccc(O)c1. The van der Waals surface area contributed by atoms with E-state index in [4.69, 9.17) is 0 Å². The molecule has 0 spiro atoms. The number of nitrogens with zero attached hydrogens (tertiary/aromatic N) is 1. The van der Waals surface area contributed by atoms with Crippen LogP contribution >= 0.6 is 0 Å². The summed E-state index contributed by atoms with van der Waals surface area (Å²) in [5.74, 6) is 1.03. The summed E-state index contributed by atoms with van der Waals surface area (Å²) >= 11 is 0. The average molecular weight is 219 g/mol. The fraction of sp³-hybridized carbons (Fsp3) is 0.571. The van der Waals surface area contributed by atoms with Crippen molar-refractivity contribution in [2.45, 2.75) is 25.7 Å². The van der Waals surface area contributed by atoms with Gasteiger partial charge >= 0.3 is 0 Å². The lowest BCUT2D eigenvalue weighted by atomic mass is 9.69. The van der Waals surface area contributed by atoms with Crippen molar-refractivity contribution in [1.29, 1.82) is 0 Å². The molecule has 2 atom stereocenters. The molecule has 1 aromatic rings. The molecule has 16 heavy (non-hydrogen) atoms. The molecule has 2 rings (SSSR count). The second-order valence-corrected chi connectivity index (χ2v) is 5.40.